The van der Waals surface area contributed by atoms with Gasteiger partial charge in [0.2, 0.25) is 0 Å². The molecule has 0 spiro atoms. The van der Waals surface area contributed by atoms with Crippen LogP contribution < -0.4 is 26.0 Å². The molecule has 0 aromatic heterocycles. The number of hydrogen-bond donors (Lipinski definition) is 0. The van der Waals surface area contributed by atoms with Gasteiger partial charge in [-0.25, -0.2) is 0 Å². The summed E-state index contributed by atoms with van der Waals surface area (Å²) in [6.45, 7) is 40.2. The van der Waals surface area contributed by atoms with E-state index in [2.05, 4.69) is 179 Å². The zero-order chi connectivity index (χ0) is 48.2. The average Bonchev–Trinajstić information content (AvgIpc) is 3.20. The molecule has 67 heavy (non-hydrogen) atoms. The molecular formula is C60H95ClO3P2Pd. The third kappa shape index (κ3) is 17.3. The summed E-state index contributed by atoms with van der Waals surface area (Å²) in [5, 5.41) is 0. The van der Waals surface area contributed by atoms with Gasteiger partial charge in [0.05, 0.1) is 0 Å². The summed E-state index contributed by atoms with van der Waals surface area (Å²) in [5.74, 6) is 2.22. The van der Waals surface area contributed by atoms with Crippen molar-refractivity contribution >= 4 is 16.5 Å². The van der Waals surface area contributed by atoms with Crippen LogP contribution in [-0.2, 0) is 52.9 Å². The van der Waals surface area contributed by atoms with Gasteiger partial charge in [-0.3, -0.25) is 0 Å². The first-order chi connectivity index (χ1) is 30.0. The molecule has 0 atom stereocenters. The van der Waals surface area contributed by atoms with Gasteiger partial charge in [-0.05, 0) is 100 Å². The van der Waals surface area contributed by atoms with E-state index in [1.807, 2.05) is 0 Å². The molecule has 0 amide bonds. The van der Waals surface area contributed by atoms with Crippen LogP contribution in [0.4, 0.5) is 0 Å². The first-order valence-corrected chi connectivity index (χ1v) is 28.7. The predicted octanol–water partition coefficient (Wildman–Crippen LogP) is 16.5. The van der Waals surface area contributed by atoms with Crippen LogP contribution in [0.3, 0.4) is 0 Å². The van der Waals surface area contributed by atoms with Gasteiger partial charge < -0.3 is 26.0 Å². The number of benzene rings is 3. The minimum Gasteiger partial charge on any atom is -1.00 e. The standard InChI is InChI=1S/C42H62O3P.C18H33P.ClH.Pd/c1-37(2,3)28-19-22-34(31(25-28)40(10,11)12)43-46(44-35-23-20-29(38(4,5)6)26-32(35)41(13,14)15)45-36-24-21-30(39(7,8)9)27-33(36)42(16,17)18;1-4-10-16(11-5-1)19(17-12-6-2-7-13-17)18-14-8-3-9-15-18;;/h19-23,25-27H,1-18H3;16-18H,1-15H2;1H;/q-1;;;+2/p-1. The van der Waals surface area contributed by atoms with Gasteiger partial charge in [-0.2, -0.15) is 17.7 Å². The van der Waals surface area contributed by atoms with E-state index in [-0.39, 0.29) is 65.3 Å². The topological polar surface area (TPSA) is 27.7 Å². The van der Waals surface area contributed by atoms with E-state index in [1.165, 1.54) is 52.9 Å². The first kappa shape index (κ1) is 60.2. The van der Waals surface area contributed by atoms with Crippen molar-refractivity contribution in [3.63, 3.8) is 0 Å². The molecule has 0 bridgehead atoms. The number of rotatable bonds is 9. The van der Waals surface area contributed by atoms with E-state index in [1.54, 1.807) is 77.0 Å². The summed E-state index contributed by atoms with van der Waals surface area (Å²) in [4.78, 5) is 0. The SMILES string of the molecule is C1CCC(P(C2CCCCC2)C2CCCCC2)CC1.CC(C)(C)c1c[c-]c(OP(Oc2ccc(C(C)(C)C)cc2C(C)(C)C)Oc2ccc(C(C)(C)C)cc2C(C)(C)C)c(C(C)(C)C)c1.[Cl-].[Pd+2]. The molecular weight excluding hydrogens is 972 g/mol. The molecule has 0 unspecified atom stereocenters. The summed E-state index contributed by atoms with van der Waals surface area (Å²) in [6.07, 6.45) is 23.6. The average molecular weight is 1070 g/mol. The maximum atomic E-state index is 6.88. The van der Waals surface area contributed by atoms with Gasteiger partial charge >= 0.3 is 29.0 Å². The third-order valence-corrected chi connectivity index (χ3v) is 19.5. The van der Waals surface area contributed by atoms with E-state index in [9.17, 15) is 0 Å². The molecule has 3 aliphatic carbocycles. The smallest absolute Gasteiger partial charge is 1.00 e. The Labute approximate surface area is 435 Å². The van der Waals surface area contributed by atoms with E-state index >= 15 is 0 Å². The first-order valence-electron chi connectivity index (χ1n) is 26.0. The van der Waals surface area contributed by atoms with Crippen LogP contribution >= 0.6 is 16.5 Å². The van der Waals surface area contributed by atoms with Crippen molar-refractivity contribution in [2.45, 2.75) is 270 Å². The summed E-state index contributed by atoms with van der Waals surface area (Å²) in [7, 11) is -1.54. The van der Waals surface area contributed by atoms with Crippen LogP contribution in [0.5, 0.6) is 17.2 Å². The van der Waals surface area contributed by atoms with Gasteiger partial charge in [0, 0.05) is 16.9 Å². The molecule has 0 radical (unpaired) electrons. The Bertz CT molecular complexity index is 1740. The fourth-order valence-electron chi connectivity index (χ4n) is 10.2. The molecule has 0 heterocycles. The summed E-state index contributed by atoms with van der Waals surface area (Å²) in [6, 6.07) is 20.9. The van der Waals surface area contributed by atoms with Crippen LogP contribution in [0.2, 0.25) is 0 Å². The van der Waals surface area contributed by atoms with Crippen molar-refractivity contribution in [1.82, 2.24) is 0 Å². The van der Waals surface area contributed by atoms with E-state index < -0.39 is 8.60 Å². The van der Waals surface area contributed by atoms with Crippen molar-refractivity contribution in [3.8, 4) is 17.2 Å². The minimum atomic E-state index is -1.92. The second kappa shape index (κ2) is 24.5. The normalized spacial score (nSPS) is 17.6. The van der Waals surface area contributed by atoms with Gasteiger partial charge in [0.25, 0.3) is 0 Å². The summed E-state index contributed by atoms with van der Waals surface area (Å²) < 4.78 is 20.6. The molecule has 3 aromatic rings. The fourth-order valence-corrected chi connectivity index (χ4v) is 15.9. The van der Waals surface area contributed by atoms with Crippen LogP contribution in [0.25, 0.3) is 0 Å². The van der Waals surface area contributed by atoms with E-state index in [0.717, 1.165) is 28.2 Å². The Morgan fingerprint density at radius 2 is 0.716 bits per heavy atom. The monoisotopic (exact) mass is 1070 g/mol. The Hall–Kier alpha value is -1.13. The van der Waals surface area contributed by atoms with Gasteiger partial charge in [-0.15, -0.1) is 11.6 Å². The molecule has 3 nitrogen and oxygen atoms in total. The molecule has 3 aliphatic rings. The van der Waals surface area contributed by atoms with Crippen molar-refractivity contribution in [3.05, 3.63) is 88.0 Å². The molecule has 0 saturated heterocycles. The molecule has 3 fully saturated rings. The Balaban J connectivity index is 0.000000470. The van der Waals surface area contributed by atoms with Crippen molar-refractivity contribution in [2.75, 3.05) is 0 Å². The molecule has 0 aliphatic heterocycles. The third-order valence-electron chi connectivity index (χ3n) is 14.4. The molecule has 380 valence electrons. The number of halogens is 1. The van der Waals surface area contributed by atoms with Crippen LogP contribution in [-0.4, -0.2) is 17.0 Å². The second-order valence-corrected chi connectivity index (χ2v) is 30.5. The Morgan fingerprint density at radius 3 is 1.01 bits per heavy atom. The van der Waals surface area contributed by atoms with Crippen molar-refractivity contribution in [2.24, 2.45) is 0 Å². The van der Waals surface area contributed by atoms with Crippen LogP contribution in [0.15, 0.2) is 48.5 Å². The molecule has 6 rings (SSSR count). The maximum Gasteiger partial charge on any atom is 2.00 e. The molecule has 3 aromatic carbocycles. The zero-order valence-corrected chi connectivity index (χ0v) is 49.9. The molecule has 0 N–H and O–H groups in total. The Kier molecular flexibility index (Phi) is 22.0. The largest absolute Gasteiger partial charge is 2.00 e. The van der Waals surface area contributed by atoms with Gasteiger partial charge in [-0.1, -0.05) is 225 Å². The van der Waals surface area contributed by atoms with Gasteiger partial charge in [0.1, 0.15) is 11.5 Å². The minimum absolute atomic E-state index is 0. The van der Waals surface area contributed by atoms with E-state index in [0.29, 0.717) is 13.7 Å². The van der Waals surface area contributed by atoms with E-state index in [4.69, 9.17) is 13.6 Å². The maximum absolute atomic E-state index is 6.88. The molecule has 3 saturated carbocycles. The fraction of sp³-hybridized carbons (Fsp3) is 0.700. The predicted molar refractivity (Wildman–Crippen MR) is 287 cm³/mol. The van der Waals surface area contributed by atoms with Crippen molar-refractivity contribution < 1.29 is 46.4 Å². The molecule has 7 heteroatoms. The van der Waals surface area contributed by atoms with Gasteiger partial charge in [0.15, 0.2) is 0 Å². The van der Waals surface area contributed by atoms with Crippen LogP contribution in [0, 0.1) is 6.07 Å². The summed E-state index contributed by atoms with van der Waals surface area (Å²) in [5.41, 5.74) is 10.2. The zero-order valence-electron chi connectivity index (χ0n) is 45.8. The van der Waals surface area contributed by atoms with Crippen molar-refractivity contribution in [1.29, 1.82) is 0 Å². The quantitative estimate of drug-likeness (QED) is 0.121. The van der Waals surface area contributed by atoms with Crippen LogP contribution in [0.1, 0.15) is 254 Å². The Morgan fingerprint density at radius 1 is 0.403 bits per heavy atom. The second-order valence-electron chi connectivity index (χ2n) is 26.4. The number of hydrogen-bond acceptors (Lipinski definition) is 3. The summed E-state index contributed by atoms with van der Waals surface area (Å²) >= 11 is 0.